The Bertz CT molecular complexity index is 1060. The highest BCUT2D eigenvalue weighted by atomic mass is 19.1. The molecule has 2 amide bonds. The number of urea groups is 1. The molecule has 154 valence electrons. The largest absolute Gasteiger partial charge is 0.396 e. The number of pyridine rings is 1. The number of amides is 2. The number of aryl methyl sites for hydroxylation is 1. The number of carbonyl (C=O) groups is 1. The fraction of sp³-hybridized carbons (Fsp3) is 0.238. The van der Waals surface area contributed by atoms with Crippen LogP contribution in [0.1, 0.15) is 12.2 Å². The number of aromatic nitrogens is 3. The van der Waals surface area contributed by atoms with Crippen LogP contribution >= 0.6 is 0 Å². The molecule has 0 saturated carbocycles. The summed E-state index contributed by atoms with van der Waals surface area (Å²) >= 11 is 0. The van der Waals surface area contributed by atoms with Crippen molar-refractivity contribution in [2.24, 2.45) is 5.92 Å². The lowest BCUT2D eigenvalue weighted by atomic mass is 9.95. The van der Waals surface area contributed by atoms with Crippen LogP contribution in [0.3, 0.4) is 0 Å². The smallest absolute Gasteiger partial charge is 0.323 e. The van der Waals surface area contributed by atoms with Crippen molar-refractivity contribution in [3.05, 3.63) is 66.3 Å². The van der Waals surface area contributed by atoms with E-state index in [1.807, 2.05) is 0 Å². The van der Waals surface area contributed by atoms with Gasteiger partial charge in [0.05, 0.1) is 11.4 Å². The summed E-state index contributed by atoms with van der Waals surface area (Å²) in [5, 5.41) is 2.68. The van der Waals surface area contributed by atoms with Crippen LogP contribution in [-0.4, -0.2) is 39.0 Å². The number of nitrogens with two attached hydrogens (primary N) is 1. The fourth-order valence-corrected chi connectivity index (χ4v) is 3.31. The van der Waals surface area contributed by atoms with Crippen molar-refractivity contribution in [2.45, 2.75) is 12.8 Å². The van der Waals surface area contributed by atoms with Crippen molar-refractivity contribution in [2.75, 3.05) is 24.1 Å². The number of nitrogens with zero attached hydrogens (tertiary/aromatic N) is 4. The van der Waals surface area contributed by atoms with E-state index in [9.17, 15) is 13.6 Å². The highest BCUT2D eigenvalue weighted by Gasteiger charge is 2.31. The molecule has 9 heteroatoms. The Morgan fingerprint density at radius 3 is 2.67 bits per heavy atom. The third-order valence-corrected chi connectivity index (χ3v) is 5.00. The molecule has 1 aliphatic heterocycles. The molecule has 4 rings (SSSR count). The molecule has 2 aromatic heterocycles. The topological polar surface area (TPSA) is 97.0 Å². The molecular formula is C21H20F2N6O. The zero-order valence-corrected chi connectivity index (χ0v) is 16.1. The second kappa shape index (κ2) is 8.40. The number of carbonyl (C=O) groups excluding carboxylic acids is 1. The van der Waals surface area contributed by atoms with Gasteiger partial charge in [-0.1, -0.05) is 0 Å². The second-order valence-corrected chi connectivity index (χ2v) is 7.16. The second-order valence-electron chi connectivity index (χ2n) is 7.16. The van der Waals surface area contributed by atoms with Crippen molar-refractivity contribution in [3.8, 4) is 11.3 Å². The average Bonchev–Trinajstić information content (AvgIpc) is 2.69. The normalized spacial score (nSPS) is 13.7. The van der Waals surface area contributed by atoms with Gasteiger partial charge in [-0.25, -0.2) is 28.5 Å². The summed E-state index contributed by atoms with van der Waals surface area (Å²) in [6.07, 6.45) is 5.09. The Balaban J connectivity index is 1.36. The van der Waals surface area contributed by atoms with E-state index < -0.39 is 11.6 Å². The summed E-state index contributed by atoms with van der Waals surface area (Å²) in [5.41, 5.74) is 6.55. The Morgan fingerprint density at radius 1 is 1.17 bits per heavy atom. The molecule has 1 fully saturated rings. The van der Waals surface area contributed by atoms with Gasteiger partial charge < -0.3 is 10.6 Å². The SMILES string of the molecule is Nc1ccc(-c2ccc(F)cc2F)nc1NC(=O)N1CC(CCc2ncccn2)C1. The predicted molar refractivity (Wildman–Crippen MR) is 108 cm³/mol. The van der Waals surface area contributed by atoms with Crippen LogP contribution in [0.2, 0.25) is 0 Å². The van der Waals surface area contributed by atoms with Gasteiger partial charge in [0.1, 0.15) is 17.5 Å². The van der Waals surface area contributed by atoms with Crippen molar-refractivity contribution in [3.63, 3.8) is 0 Å². The summed E-state index contributed by atoms with van der Waals surface area (Å²) in [7, 11) is 0. The van der Waals surface area contributed by atoms with Gasteiger partial charge in [-0.3, -0.25) is 5.32 Å². The molecule has 1 saturated heterocycles. The predicted octanol–water partition coefficient (Wildman–Crippen LogP) is 3.50. The lowest BCUT2D eigenvalue weighted by Gasteiger charge is -2.39. The minimum atomic E-state index is -0.738. The van der Waals surface area contributed by atoms with Crippen LogP contribution in [0.4, 0.5) is 25.1 Å². The van der Waals surface area contributed by atoms with Gasteiger partial charge in [-0.15, -0.1) is 0 Å². The third kappa shape index (κ3) is 4.35. The summed E-state index contributed by atoms with van der Waals surface area (Å²) in [6, 6.07) is 7.73. The molecular weight excluding hydrogens is 390 g/mol. The van der Waals surface area contributed by atoms with E-state index in [2.05, 4.69) is 20.3 Å². The van der Waals surface area contributed by atoms with Gasteiger partial charge in [0.2, 0.25) is 0 Å². The Morgan fingerprint density at radius 2 is 1.93 bits per heavy atom. The maximum atomic E-state index is 14.0. The molecule has 1 aromatic carbocycles. The molecule has 3 heterocycles. The van der Waals surface area contributed by atoms with Crippen molar-refractivity contribution in [1.29, 1.82) is 0 Å². The molecule has 0 unspecified atom stereocenters. The molecule has 0 spiro atoms. The highest BCUT2D eigenvalue weighted by Crippen LogP contribution is 2.27. The molecule has 3 aromatic rings. The first-order valence-electron chi connectivity index (χ1n) is 9.53. The number of likely N-dealkylation sites (tertiary alicyclic amines) is 1. The lowest BCUT2D eigenvalue weighted by Crippen LogP contribution is -2.51. The van der Waals surface area contributed by atoms with E-state index in [0.29, 0.717) is 19.0 Å². The molecule has 30 heavy (non-hydrogen) atoms. The van der Waals surface area contributed by atoms with Crippen LogP contribution in [0, 0.1) is 17.6 Å². The van der Waals surface area contributed by atoms with Crippen LogP contribution in [0.15, 0.2) is 48.8 Å². The number of hydrogen-bond donors (Lipinski definition) is 2. The number of benzene rings is 1. The molecule has 0 radical (unpaired) electrons. The number of nitrogen functional groups attached to an aromatic ring is 1. The van der Waals surface area contributed by atoms with Gasteiger partial charge in [-0.2, -0.15) is 0 Å². The van der Waals surface area contributed by atoms with Crippen LogP contribution in [-0.2, 0) is 6.42 Å². The molecule has 7 nitrogen and oxygen atoms in total. The van der Waals surface area contributed by atoms with Gasteiger partial charge >= 0.3 is 6.03 Å². The Hall–Kier alpha value is -3.62. The standard InChI is InChI=1S/C21H20F2N6O/c22-14-3-4-15(16(23)10-14)18-6-5-17(24)20(27-18)28-21(30)29-11-13(12-29)2-7-19-25-8-1-9-26-19/h1,3-6,8-10,13H,2,7,11-12,24H2,(H,27,28,30). The van der Waals surface area contributed by atoms with E-state index in [1.165, 1.54) is 18.2 Å². The first kappa shape index (κ1) is 19.7. The zero-order chi connectivity index (χ0) is 21.1. The first-order valence-corrected chi connectivity index (χ1v) is 9.53. The molecule has 0 bridgehead atoms. The maximum absolute atomic E-state index is 14.0. The summed E-state index contributed by atoms with van der Waals surface area (Å²) in [5.74, 6) is -0.0991. The monoisotopic (exact) mass is 410 g/mol. The number of nitrogens with one attached hydrogen (secondary N) is 1. The van der Waals surface area contributed by atoms with Gasteiger partial charge in [0, 0.05) is 43.5 Å². The zero-order valence-electron chi connectivity index (χ0n) is 16.1. The van der Waals surface area contributed by atoms with Crippen LogP contribution < -0.4 is 11.1 Å². The van der Waals surface area contributed by atoms with E-state index in [-0.39, 0.29) is 28.8 Å². The average molecular weight is 410 g/mol. The van der Waals surface area contributed by atoms with E-state index in [1.54, 1.807) is 23.4 Å². The molecule has 0 atom stereocenters. The lowest BCUT2D eigenvalue weighted by molar-refractivity contribution is 0.125. The molecule has 3 N–H and O–H groups in total. The molecule has 1 aliphatic rings. The maximum Gasteiger partial charge on any atom is 0.323 e. The fourth-order valence-electron chi connectivity index (χ4n) is 3.31. The minimum absolute atomic E-state index is 0.124. The number of anilines is 2. The van der Waals surface area contributed by atoms with Gasteiger partial charge in [0.15, 0.2) is 5.82 Å². The van der Waals surface area contributed by atoms with E-state index >= 15 is 0 Å². The summed E-state index contributed by atoms with van der Waals surface area (Å²) < 4.78 is 27.2. The third-order valence-electron chi connectivity index (χ3n) is 5.00. The van der Waals surface area contributed by atoms with Crippen molar-refractivity contribution < 1.29 is 13.6 Å². The van der Waals surface area contributed by atoms with E-state index in [0.717, 1.165) is 30.8 Å². The quantitative estimate of drug-likeness (QED) is 0.671. The Kier molecular flexibility index (Phi) is 5.51. The van der Waals surface area contributed by atoms with Crippen LogP contribution in [0.25, 0.3) is 11.3 Å². The van der Waals surface area contributed by atoms with Crippen LogP contribution in [0.5, 0.6) is 0 Å². The Labute approximate surface area is 172 Å². The highest BCUT2D eigenvalue weighted by molar-refractivity contribution is 5.92. The van der Waals surface area contributed by atoms with Crippen molar-refractivity contribution >= 4 is 17.5 Å². The number of halogens is 2. The molecule has 0 aliphatic carbocycles. The van der Waals surface area contributed by atoms with Gasteiger partial charge in [0.25, 0.3) is 0 Å². The number of hydrogen-bond acceptors (Lipinski definition) is 5. The first-order chi connectivity index (χ1) is 14.5. The number of rotatable bonds is 5. The summed E-state index contributed by atoms with van der Waals surface area (Å²) in [6.45, 7) is 1.23. The van der Waals surface area contributed by atoms with Crippen molar-refractivity contribution in [1.82, 2.24) is 19.9 Å². The minimum Gasteiger partial charge on any atom is -0.396 e. The van der Waals surface area contributed by atoms with Gasteiger partial charge in [-0.05, 0) is 42.7 Å². The summed E-state index contributed by atoms with van der Waals surface area (Å²) in [4.78, 5) is 26.8. The van der Waals surface area contributed by atoms with E-state index in [4.69, 9.17) is 5.73 Å².